The molecule has 0 radical (unpaired) electrons. The number of hydrogen-bond acceptors (Lipinski definition) is 4. The minimum atomic E-state index is -1.09. The molecule has 0 aromatic heterocycles. The third-order valence-corrected chi connectivity index (χ3v) is 33.6. The molecule has 0 saturated carbocycles. The molecule has 5 heteroatoms. The molecule has 0 atom stereocenters. The van der Waals surface area contributed by atoms with Gasteiger partial charge in [0, 0.05) is 0 Å². The van der Waals surface area contributed by atoms with Crippen molar-refractivity contribution in [2.24, 2.45) is 0 Å². The second kappa shape index (κ2) is 1.24. The quantitative estimate of drug-likeness (QED) is 0.600. The summed E-state index contributed by atoms with van der Waals surface area (Å²) in [5, 5.41) is 0. The first-order chi connectivity index (χ1) is 4.09. The van der Waals surface area contributed by atoms with Crippen LogP contribution in [-0.2, 0) is 0 Å². The van der Waals surface area contributed by atoms with Crippen LogP contribution in [0.15, 0.2) is 0 Å². The van der Waals surface area contributed by atoms with Gasteiger partial charge in [-0.25, -0.2) is 0 Å². The third kappa shape index (κ3) is 0.421. The second-order valence-electron chi connectivity index (χ2n) is 2.83. The Labute approximate surface area is 71.0 Å². The van der Waals surface area contributed by atoms with Crippen molar-refractivity contribution in [3.8, 4) is 0 Å². The Morgan fingerprint density at radius 3 is 1.56 bits per heavy atom. The first-order valence-corrected chi connectivity index (χ1v) is 11.0. The zero-order valence-corrected chi connectivity index (χ0v) is 9.32. The molecule has 6 aliphatic rings. The van der Waals surface area contributed by atoms with Gasteiger partial charge in [-0.05, 0) is 0 Å². The van der Waals surface area contributed by atoms with Crippen molar-refractivity contribution in [2.45, 2.75) is 22.2 Å². The van der Waals surface area contributed by atoms with Crippen molar-refractivity contribution < 1.29 is 0 Å². The first-order valence-electron chi connectivity index (χ1n) is 2.96. The van der Waals surface area contributed by atoms with Gasteiger partial charge >= 0.3 is 71.2 Å². The van der Waals surface area contributed by atoms with Gasteiger partial charge in [0.15, 0.2) is 0 Å². The van der Waals surface area contributed by atoms with Crippen molar-refractivity contribution >= 4 is 48.9 Å². The van der Waals surface area contributed by atoms with Crippen molar-refractivity contribution in [2.75, 3.05) is 0 Å². The van der Waals surface area contributed by atoms with Gasteiger partial charge < -0.3 is 0 Å². The standard InChI is InChI=1S/C4H7PS4/c1-3(2)5-6-4(7-5,8-5)9-5/h3H,1-2H3. The summed E-state index contributed by atoms with van der Waals surface area (Å²) in [7, 11) is 0. The molecule has 0 spiro atoms. The van der Waals surface area contributed by atoms with Gasteiger partial charge in [-0.2, -0.15) is 0 Å². The fourth-order valence-corrected chi connectivity index (χ4v) is 46.4. The van der Waals surface area contributed by atoms with Gasteiger partial charge in [-0.3, -0.25) is 0 Å². The zero-order chi connectivity index (χ0) is 6.35. The van der Waals surface area contributed by atoms with Gasteiger partial charge in [0.1, 0.15) is 0 Å². The van der Waals surface area contributed by atoms with Gasteiger partial charge in [0.05, 0.1) is 0 Å². The van der Waals surface area contributed by atoms with Crippen LogP contribution in [0, 0.1) is 0 Å². The summed E-state index contributed by atoms with van der Waals surface area (Å²) in [5.41, 5.74) is 0.955. The van der Waals surface area contributed by atoms with Crippen LogP contribution in [0.25, 0.3) is 0 Å². The molecule has 2 bridgehead atoms. The predicted octanol–water partition coefficient (Wildman–Crippen LogP) is 4.19. The summed E-state index contributed by atoms with van der Waals surface area (Å²) in [6, 6.07) is 0. The van der Waals surface area contributed by atoms with E-state index in [9.17, 15) is 0 Å². The molecule has 0 nitrogen and oxygen atoms in total. The summed E-state index contributed by atoms with van der Waals surface area (Å²) < 4.78 is -0.416. The molecule has 6 aliphatic heterocycles. The monoisotopic (exact) mass is 214 g/mol. The summed E-state index contributed by atoms with van der Waals surface area (Å²) >= 11 is 9.24. The van der Waals surface area contributed by atoms with E-state index in [-0.39, 0.29) is 0 Å². The van der Waals surface area contributed by atoms with E-state index >= 15 is 0 Å². The van der Waals surface area contributed by atoms with Crippen LogP contribution in [0.3, 0.4) is 0 Å². The Balaban J connectivity index is 2.04. The Morgan fingerprint density at radius 1 is 1.11 bits per heavy atom. The van der Waals surface area contributed by atoms with Crippen molar-refractivity contribution in [3.63, 3.8) is 0 Å². The Bertz CT molecular complexity index is 172. The molecule has 6 rings (SSSR count). The summed E-state index contributed by atoms with van der Waals surface area (Å²) in [5.74, 6) is 0. The molecule has 0 aromatic rings. The normalized spacial score (nSPS) is 57.9. The fourth-order valence-electron chi connectivity index (χ4n) is 1.27. The van der Waals surface area contributed by atoms with Crippen LogP contribution < -0.4 is 0 Å². The van der Waals surface area contributed by atoms with Crippen LogP contribution in [0.1, 0.15) is 13.8 Å². The zero-order valence-electron chi connectivity index (χ0n) is 5.16. The van der Waals surface area contributed by atoms with Crippen molar-refractivity contribution in [3.05, 3.63) is 0 Å². The van der Waals surface area contributed by atoms with Gasteiger partial charge in [-0.15, -0.1) is 0 Å². The number of hydrogen-bond donors (Lipinski definition) is 0. The molecule has 9 heavy (non-hydrogen) atoms. The van der Waals surface area contributed by atoms with E-state index < -0.39 is 3.41 Å². The Morgan fingerprint density at radius 2 is 1.56 bits per heavy atom. The van der Waals surface area contributed by atoms with E-state index in [0.29, 0.717) is 2.74 Å². The van der Waals surface area contributed by atoms with Crippen LogP contribution in [-0.4, -0.2) is 8.40 Å². The molecule has 0 aromatic carbocycles. The Kier molecular flexibility index (Phi) is 0.878. The van der Waals surface area contributed by atoms with E-state index in [4.69, 9.17) is 0 Å². The molecular formula is C4H7PS4. The second-order valence-corrected chi connectivity index (χ2v) is 25.8. The van der Waals surface area contributed by atoms with Crippen LogP contribution in [0.4, 0.5) is 0 Å². The maximum absolute atomic E-state index is 2.39. The fraction of sp³-hybridized carbons (Fsp3) is 1.00. The van der Waals surface area contributed by atoms with Gasteiger partial charge in [0.2, 0.25) is 0 Å². The topological polar surface area (TPSA) is 0 Å². The summed E-state index contributed by atoms with van der Waals surface area (Å²) in [4.78, 5) is 0. The van der Waals surface area contributed by atoms with Crippen LogP contribution in [0.2, 0.25) is 0 Å². The van der Waals surface area contributed by atoms with E-state index in [0.717, 1.165) is 5.66 Å². The van der Waals surface area contributed by atoms with E-state index in [1.165, 1.54) is 0 Å². The summed E-state index contributed by atoms with van der Waals surface area (Å²) in [6.07, 6.45) is 0. The molecule has 52 valence electrons. The van der Waals surface area contributed by atoms with E-state index in [1.54, 1.807) is 0 Å². The SMILES string of the molecule is CC(C)P123SC(S1)(S2)S3. The Hall–Kier alpha value is 1.83. The first kappa shape index (κ1) is 6.36. The molecule has 6 fully saturated rings. The van der Waals surface area contributed by atoms with Gasteiger partial charge in [-0.1, -0.05) is 0 Å². The molecule has 6 saturated heterocycles. The molecule has 0 N–H and O–H groups in total. The van der Waals surface area contributed by atoms with Crippen molar-refractivity contribution in [1.82, 2.24) is 0 Å². The predicted molar refractivity (Wildman–Crippen MR) is 55.2 cm³/mol. The molecule has 0 amide bonds. The number of rotatable bonds is 1. The third-order valence-electron chi connectivity index (χ3n) is 1.95. The van der Waals surface area contributed by atoms with Crippen LogP contribution >= 0.6 is 48.9 Å². The maximum atomic E-state index is 2.39. The molecule has 6 heterocycles. The van der Waals surface area contributed by atoms with E-state index in [1.807, 2.05) is 0 Å². The summed E-state index contributed by atoms with van der Waals surface area (Å²) in [6.45, 7) is 4.78. The van der Waals surface area contributed by atoms with Gasteiger partial charge in [0.25, 0.3) is 0 Å². The average Bonchev–Trinajstić information content (AvgIpc) is 1.11. The van der Waals surface area contributed by atoms with Crippen molar-refractivity contribution in [1.29, 1.82) is 0 Å². The van der Waals surface area contributed by atoms with E-state index in [2.05, 4.69) is 59.4 Å². The minimum absolute atomic E-state index is 0.669. The molecular weight excluding hydrogens is 207 g/mol. The molecule has 0 aliphatic carbocycles. The van der Waals surface area contributed by atoms with Crippen LogP contribution in [0.5, 0.6) is 0 Å². The average molecular weight is 214 g/mol. The molecule has 0 unspecified atom stereocenters.